The minimum Gasteiger partial charge on any atom is -0.325 e. The quantitative estimate of drug-likeness (QED) is 0.707. The Morgan fingerprint density at radius 1 is 1.24 bits per heavy atom. The van der Waals surface area contributed by atoms with E-state index >= 15 is 0 Å². The third-order valence-electron chi connectivity index (χ3n) is 4.89. The fourth-order valence-electron chi connectivity index (χ4n) is 3.34. The van der Waals surface area contributed by atoms with Crippen LogP contribution in [0, 0.1) is 17.3 Å². The van der Waals surface area contributed by atoms with Gasteiger partial charge >= 0.3 is 0 Å². The molecule has 1 aliphatic carbocycles. The van der Waals surface area contributed by atoms with E-state index < -0.39 is 0 Å². The zero-order valence-electron chi connectivity index (χ0n) is 12.7. The molecule has 1 fully saturated rings. The molecule has 0 radical (unpaired) electrons. The molecule has 1 rings (SSSR count). The Balaban J connectivity index is 2.57. The second kappa shape index (κ2) is 5.73. The molecule has 0 heterocycles. The van der Waals surface area contributed by atoms with E-state index in [1.54, 1.807) is 0 Å². The molecule has 2 N–H and O–H groups in total. The van der Waals surface area contributed by atoms with Gasteiger partial charge in [-0.1, -0.05) is 47.5 Å². The van der Waals surface area contributed by atoms with Crippen LogP contribution in [0.15, 0.2) is 0 Å². The minimum absolute atomic E-state index is 0.134. The summed E-state index contributed by atoms with van der Waals surface area (Å²) in [5, 5.41) is 0. The third kappa shape index (κ3) is 4.62. The van der Waals surface area contributed by atoms with Gasteiger partial charge in [0.2, 0.25) is 0 Å². The Bertz CT molecular complexity index is 228. The molecule has 0 aromatic rings. The molecule has 1 saturated carbocycles. The summed E-state index contributed by atoms with van der Waals surface area (Å²) in [6.45, 7) is 11.8. The summed E-state index contributed by atoms with van der Waals surface area (Å²) in [6.07, 6.45) is 9.00. The number of hydrogen-bond acceptors (Lipinski definition) is 1. The molecule has 102 valence electrons. The first kappa shape index (κ1) is 15.0. The highest BCUT2D eigenvalue weighted by molar-refractivity contribution is 4.91. The van der Waals surface area contributed by atoms with Crippen molar-refractivity contribution in [2.24, 2.45) is 23.0 Å². The van der Waals surface area contributed by atoms with Gasteiger partial charge in [-0.05, 0) is 49.4 Å². The van der Waals surface area contributed by atoms with Crippen molar-refractivity contribution in [2.75, 3.05) is 0 Å². The fourth-order valence-corrected chi connectivity index (χ4v) is 3.34. The van der Waals surface area contributed by atoms with Crippen molar-refractivity contribution in [1.82, 2.24) is 0 Å². The van der Waals surface area contributed by atoms with Crippen molar-refractivity contribution in [3.05, 3.63) is 0 Å². The highest BCUT2D eigenvalue weighted by atomic mass is 14.7. The highest BCUT2D eigenvalue weighted by Crippen LogP contribution is 2.40. The monoisotopic (exact) mass is 239 g/mol. The van der Waals surface area contributed by atoms with E-state index in [9.17, 15) is 0 Å². The normalized spacial score (nSPS) is 33.2. The van der Waals surface area contributed by atoms with Crippen molar-refractivity contribution < 1.29 is 0 Å². The van der Waals surface area contributed by atoms with Crippen molar-refractivity contribution >= 4 is 0 Å². The molecule has 0 aromatic carbocycles. The van der Waals surface area contributed by atoms with Crippen LogP contribution in [-0.2, 0) is 0 Å². The van der Waals surface area contributed by atoms with Gasteiger partial charge in [0.15, 0.2) is 0 Å². The van der Waals surface area contributed by atoms with Crippen molar-refractivity contribution in [3.8, 4) is 0 Å². The SMILES string of the molecule is CCC(C)CC1(N)CCCC(C(C)(C)C)CC1. The lowest BCUT2D eigenvalue weighted by atomic mass is 9.75. The molecule has 0 bridgehead atoms. The molecule has 1 nitrogen and oxygen atoms in total. The second-order valence-electron chi connectivity index (χ2n) is 7.57. The summed E-state index contributed by atoms with van der Waals surface area (Å²) in [4.78, 5) is 0. The summed E-state index contributed by atoms with van der Waals surface area (Å²) >= 11 is 0. The summed E-state index contributed by atoms with van der Waals surface area (Å²) in [6, 6.07) is 0. The van der Waals surface area contributed by atoms with Gasteiger partial charge < -0.3 is 5.73 Å². The maximum Gasteiger partial charge on any atom is 0.0157 e. The predicted octanol–water partition coefficient (Wildman–Crippen LogP) is 4.75. The average molecular weight is 239 g/mol. The zero-order valence-corrected chi connectivity index (χ0v) is 12.7. The van der Waals surface area contributed by atoms with Crippen LogP contribution in [0.25, 0.3) is 0 Å². The Labute approximate surface area is 109 Å². The van der Waals surface area contributed by atoms with Crippen LogP contribution < -0.4 is 5.73 Å². The summed E-state index contributed by atoms with van der Waals surface area (Å²) < 4.78 is 0. The predicted molar refractivity (Wildman–Crippen MR) is 77.0 cm³/mol. The van der Waals surface area contributed by atoms with Crippen LogP contribution in [0.2, 0.25) is 0 Å². The van der Waals surface area contributed by atoms with E-state index in [1.165, 1.54) is 44.9 Å². The summed E-state index contributed by atoms with van der Waals surface area (Å²) in [5.74, 6) is 1.65. The molecule has 3 unspecified atom stereocenters. The molecule has 0 spiro atoms. The van der Waals surface area contributed by atoms with Crippen LogP contribution >= 0.6 is 0 Å². The Morgan fingerprint density at radius 2 is 1.88 bits per heavy atom. The van der Waals surface area contributed by atoms with E-state index in [4.69, 9.17) is 5.73 Å². The van der Waals surface area contributed by atoms with Crippen LogP contribution in [0.3, 0.4) is 0 Å². The van der Waals surface area contributed by atoms with Gasteiger partial charge in [-0.15, -0.1) is 0 Å². The lowest BCUT2D eigenvalue weighted by Crippen LogP contribution is -2.41. The molecular weight excluding hydrogens is 206 g/mol. The molecule has 3 atom stereocenters. The Hall–Kier alpha value is -0.0400. The lowest BCUT2D eigenvalue weighted by molar-refractivity contribution is 0.207. The van der Waals surface area contributed by atoms with Crippen molar-refractivity contribution in [3.63, 3.8) is 0 Å². The van der Waals surface area contributed by atoms with Gasteiger partial charge in [-0.25, -0.2) is 0 Å². The maximum atomic E-state index is 6.64. The molecule has 0 amide bonds. The standard InChI is InChI=1S/C16H33N/c1-6-13(2)12-16(17)10-7-8-14(9-11-16)15(3,4)5/h13-14H,6-12,17H2,1-5H3. The number of nitrogens with two attached hydrogens (primary N) is 1. The highest BCUT2D eigenvalue weighted by Gasteiger charge is 2.34. The van der Waals surface area contributed by atoms with Crippen LogP contribution in [0.5, 0.6) is 0 Å². The van der Waals surface area contributed by atoms with Gasteiger partial charge in [-0.3, -0.25) is 0 Å². The molecule has 1 heteroatoms. The summed E-state index contributed by atoms with van der Waals surface area (Å²) in [7, 11) is 0. The van der Waals surface area contributed by atoms with Gasteiger partial charge in [0.1, 0.15) is 0 Å². The van der Waals surface area contributed by atoms with Crippen molar-refractivity contribution in [2.45, 2.75) is 85.1 Å². The second-order valence-corrected chi connectivity index (χ2v) is 7.57. The van der Waals surface area contributed by atoms with Gasteiger partial charge in [-0.2, -0.15) is 0 Å². The summed E-state index contributed by atoms with van der Waals surface area (Å²) in [5.41, 5.74) is 7.24. The number of rotatable bonds is 3. The van der Waals surface area contributed by atoms with Crippen molar-refractivity contribution in [1.29, 1.82) is 0 Å². The van der Waals surface area contributed by atoms with E-state index in [1.807, 2.05) is 0 Å². The maximum absolute atomic E-state index is 6.64. The molecule has 17 heavy (non-hydrogen) atoms. The molecule has 0 saturated heterocycles. The first-order chi connectivity index (χ1) is 7.77. The van der Waals surface area contributed by atoms with Gasteiger partial charge in [0.05, 0.1) is 0 Å². The fraction of sp³-hybridized carbons (Fsp3) is 1.00. The lowest BCUT2D eigenvalue weighted by Gasteiger charge is -2.32. The average Bonchev–Trinajstić information content (AvgIpc) is 2.39. The Kier molecular flexibility index (Phi) is 5.07. The smallest absolute Gasteiger partial charge is 0.0157 e. The van der Waals surface area contributed by atoms with Gasteiger partial charge in [0.25, 0.3) is 0 Å². The first-order valence-electron chi connectivity index (χ1n) is 7.56. The van der Waals surface area contributed by atoms with E-state index in [-0.39, 0.29) is 5.54 Å². The molecule has 0 aliphatic heterocycles. The Morgan fingerprint density at radius 3 is 2.41 bits per heavy atom. The topological polar surface area (TPSA) is 26.0 Å². The molecular formula is C16H33N. The zero-order chi connectivity index (χ0) is 13.1. The first-order valence-corrected chi connectivity index (χ1v) is 7.56. The van der Waals surface area contributed by atoms with Crippen LogP contribution in [0.1, 0.15) is 79.6 Å². The van der Waals surface area contributed by atoms with Crippen LogP contribution in [0.4, 0.5) is 0 Å². The minimum atomic E-state index is 0.134. The van der Waals surface area contributed by atoms with E-state index in [2.05, 4.69) is 34.6 Å². The number of hydrogen-bond donors (Lipinski definition) is 1. The third-order valence-corrected chi connectivity index (χ3v) is 4.89. The molecule has 0 aromatic heterocycles. The molecule has 1 aliphatic rings. The largest absolute Gasteiger partial charge is 0.325 e. The van der Waals surface area contributed by atoms with Crippen LogP contribution in [-0.4, -0.2) is 5.54 Å². The van der Waals surface area contributed by atoms with E-state index in [0.29, 0.717) is 5.41 Å². The van der Waals surface area contributed by atoms with Gasteiger partial charge in [0, 0.05) is 5.54 Å². The van der Waals surface area contributed by atoms with E-state index in [0.717, 1.165) is 11.8 Å².